The number of carbonyl (C=O) groups is 1. The monoisotopic (exact) mass is 307 g/mol. The highest BCUT2D eigenvalue weighted by Crippen LogP contribution is 2.16. The first-order valence-electron chi connectivity index (χ1n) is 7.70. The molecule has 0 bridgehead atoms. The van der Waals surface area contributed by atoms with Gasteiger partial charge < -0.3 is 14.8 Å². The van der Waals surface area contributed by atoms with Crippen molar-refractivity contribution >= 4 is 17.6 Å². The van der Waals surface area contributed by atoms with E-state index in [1.807, 2.05) is 26.8 Å². The molecule has 2 rings (SSSR count). The van der Waals surface area contributed by atoms with E-state index in [4.69, 9.17) is 9.47 Å². The van der Waals surface area contributed by atoms with E-state index in [2.05, 4.69) is 15.6 Å². The normalized spacial score (nSPS) is 18.6. The van der Waals surface area contributed by atoms with Gasteiger partial charge in [0.2, 0.25) is 0 Å². The topological polar surface area (TPSA) is 72.5 Å². The number of hydrogen-bond acceptors (Lipinski definition) is 5. The SMILES string of the molecule is CC(C)(C)OC(=O)Nc1ccc(NCC2CCCOC2)cn1. The van der Waals surface area contributed by atoms with Crippen molar-refractivity contribution < 1.29 is 14.3 Å². The van der Waals surface area contributed by atoms with Crippen LogP contribution >= 0.6 is 0 Å². The van der Waals surface area contributed by atoms with Gasteiger partial charge >= 0.3 is 6.09 Å². The zero-order valence-electron chi connectivity index (χ0n) is 13.5. The van der Waals surface area contributed by atoms with Crippen LogP contribution in [0.3, 0.4) is 0 Å². The summed E-state index contributed by atoms with van der Waals surface area (Å²) >= 11 is 0. The highest BCUT2D eigenvalue weighted by atomic mass is 16.6. The average molecular weight is 307 g/mol. The van der Waals surface area contributed by atoms with Gasteiger partial charge in [-0.2, -0.15) is 0 Å². The molecular formula is C16H25N3O3. The molecule has 2 heterocycles. The number of rotatable bonds is 4. The molecule has 1 aromatic heterocycles. The largest absolute Gasteiger partial charge is 0.444 e. The first-order chi connectivity index (χ1) is 10.4. The van der Waals surface area contributed by atoms with Crippen LogP contribution in [0.2, 0.25) is 0 Å². The third-order valence-electron chi connectivity index (χ3n) is 3.24. The van der Waals surface area contributed by atoms with Gasteiger partial charge in [-0.3, -0.25) is 5.32 Å². The molecule has 1 aliphatic heterocycles. The van der Waals surface area contributed by atoms with Gasteiger partial charge in [0.05, 0.1) is 18.5 Å². The van der Waals surface area contributed by atoms with Gasteiger partial charge in [0.15, 0.2) is 0 Å². The number of hydrogen-bond donors (Lipinski definition) is 2. The van der Waals surface area contributed by atoms with Crippen molar-refractivity contribution in [2.75, 3.05) is 30.4 Å². The van der Waals surface area contributed by atoms with Crippen molar-refractivity contribution in [3.63, 3.8) is 0 Å². The van der Waals surface area contributed by atoms with E-state index in [0.717, 1.165) is 31.9 Å². The number of aromatic nitrogens is 1. The minimum atomic E-state index is -0.520. The Hall–Kier alpha value is -1.82. The molecule has 1 fully saturated rings. The summed E-state index contributed by atoms with van der Waals surface area (Å²) in [5, 5.41) is 5.96. The van der Waals surface area contributed by atoms with Crippen molar-refractivity contribution in [3.8, 4) is 0 Å². The van der Waals surface area contributed by atoms with E-state index in [9.17, 15) is 4.79 Å². The minimum Gasteiger partial charge on any atom is -0.444 e. The van der Waals surface area contributed by atoms with Gasteiger partial charge in [-0.25, -0.2) is 9.78 Å². The molecule has 6 nitrogen and oxygen atoms in total. The van der Waals surface area contributed by atoms with Gasteiger partial charge in [0.1, 0.15) is 11.4 Å². The lowest BCUT2D eigenvalue weighted by atomic mass is 10.0. The van der Waals surface area contributed by atoms with Crippen LogP contribution in [-0.2, 0) is 9.47 Å². The maximum Gasteiger partial charge on any atom is 0.413 e. The Morgan fingerprint density at radius 3 is 2.86 bits per heavy atom. The molecule has 2 N–H and O–H groups in total. The van der Waals surface area contributed by atoms with E-state index in [1.165, 1.54) is 6.42 Å². The molecule has 0 aliphatic carbocycles. The Labute approximate surface area is 131 Å². The van der Waals surface area contributed by atoms with Crippen molar-refractivity contribution in [1.29, 1.82) is 0 Å². The highest BCUT2D eigenvalue weighted by Gasteiger charge is 2.16. The van der Waals surface area contributed by atoms with Crippen LogP contribution in [0.25, 0.3) is 0 Å². The van der Waals surface area contributed by atoms with Crippen molar-refractivity contribution in [3.05, 3.63) is 18.3 Å². The van der Waals surface area contributed by atoms with E-state index in [0.29, 0.717) is 11.7 Å². The fraction of sp³-hybridized carbons (Fsp3) is 0.625. The molecule has 1 amide bonds. The first kappa shape index (κ1) is 16.5. The molecule has 0 spiro atoms. The second-order valence-corrected chi connectivity index (χ2v) is 6.52. The van der Waals surface area contributed by atoms with Crippen LogP contribution in [0.15, 0.2) is 18.3 Å². The third-order valence-corrected chi connectivity index (χ3v) is 3.24. The number of nitrogens with zero attached hydrogens (tertiary/aromatic N) is 1. The predicted octanol–water partition coefficient (Wildman–Crippen LogP) is 3.27. The summed E-state index contributed by atoms with van der Waals surface area (Å²) in [7, 11) is 0. The summed E-state index contributed by atoms with van der Waals surface area (Å²) in [4.78, 5) is 15.8. The van der Waals surface area contributed by atoms with Gasteiger partial charge in [-0.1, -0.05) is 0 Å². The second-order valence-electron chi connectivity index (χ2n) is 6.52. The quantitative estimate of drug-likeness (QED) is 0.893. The Morgan fingerprint density at radius 1 is 1.45 bits per heavy atom. The summed E-state index contributed by atoms with van der Waals surface area (Å²) in [5.74, 6) is 1.02. The molecule has 6 heteroatoms. The fourth-order valence-electron chi connectivity index (χ4n) is 2.21. The number of pyridine rings is 1. The van der Waals surface area contributed by atoms with Crippen LogP contribution in [0.4, 0.5) is 16.3 Å². The summed E-state index contributed by atoms with van der Waals surface area (Å²) in [6.45, 7) is 8.04. The molecule has 0 aromatic carbocycles. The lowest BCUT2D eigenvalue weighted by Gasteiger charge is -2.22. The molecular weight excluding hydrogens is 282 g/mol. The smallest absolute Gasteiger partial charge is 0.413 e. The Kier molecular flexibility index (Phi) is 5.60. The standard InChI is InChI=1S/C16H25N3O3/c1-16(2,3)22-15(20)19-14-7-6-13(10-18-14)17-9-12-5-4-8-21-11-12/h6-7,10,12,17H,4-5,8-9,11H2,1-3H3,(H,18,19,20). The predicted molar refractivity (Wildman–Crippen MR) is 86.1 cm³/mol. The van der Waals surface area contributed by atoms with Crippen LogP contribution in [-0.4, -0.2) is 36.4 Å². The van der Waals surface area contributed by atoms with E-state index >= 15 is 0 Å². The van der Waals surface area contributed by atoms with Gasteiger partial charge in [0, 0.05) is 13.2 Å². The molecule has 1 saturated heterocycles. The zero-order valence-corrected chi connectivity index (χ0v) is 13.5. The van der Waals surface area contributed by atoms with Gasteiger partial charge in [0.25, 0.3) is 0 Å². The molecule has 1 aliphatic rings. The summed E-state index contributed by atoms with van der Waals surface area (Å²) in [6.07, 6.45) is 3.53. The Balaban J connectivity index is 1.78. The molecule has 22 heavy (non-hydrogen) atoms. The van der Waals surface area contributed by atoms with Crippen LogP contribution in [0.1, 0.15) is 33.6 Å². The maximum absolute atomic E-state index is 11.6. The summed E-state index contributed by atoms with van der Waals surface area (Å²) < 4.78 is 10.6. The number of anilines is 2. The fourth-order valence-corrected chi connectivity index (χ4v) is 2.21. The first-order valence-corrected chi connectivity index (χ1v) is 7.70. The van der Waals surface area contributed by atoms with Crippen LogP contribution in [0.5, 0.6) is 0 Å². The Bertz CT molecular complexity index is 476. The number of carbonyl (C=O) groups excluding carboxylic acids is 1. The highest BCUT2D eigenvalue weighted by molar-refractivity contribution is 5.83. The minimum absolute atomic E-state index is 0.473. The van der Waals surface area contributed by atoms with Crippen molar-refractivity contribution in [1.82, 2.24) is 4.98 Å². The maximum atomic E-state index is 11.6. The Morgan fingerprint density at radius 2 is 2.27 bits per heavy atom. The molecule has 0 radical (unpaired) electrons. The van der Waals surface area contributed by atoms with Crippen LogP contribution < -0.4 is 10.6 Å². The number of amides is 1. The summed E-state index contributed by atoms with van der Waals surface area (Å²) in [6, 6.07) is 3.65. The lowest BCUT2D eigenvalue weighted by molar-refractivity contribution is 0.0595. The number of nitrogens with one attached hydrogen (secondary N) is 2. The molecule has 0 saturated carbocycles. The average Bonchev–Trinajstić information content (AvgIpc) is 2.45. The van der Waals surface area contributed by atoms with Gasteiger partial charge in [-0.05, 0) is 51.7 Å². The van der Waals surface area contributed by atoms with Crippen LogP contribution in [0, 0.1) is 5.92 Å². The molecule has 122 valence electrons. The van der Waals surface area contributed by atoms with E-state index < -0.39 is 11.7 Å². The third kappa shape index (κ3) is 5.89. The molecule has 1 atom stereocenters. The lowest BCUT2D eigenvalue weighted by Crippen LogP contribution is -2.27. The molecule has 1 unspecified atom stereocenters. The zero-order chi connectivity index (χ0) is 16.0. The molecule has 1 aromatic rings. The van der Waals surface area contributed by atoms with Crippen molar-refractivity contribution in [2.24, 2.45) is 5.92 Å². The second kappa shape index (κ2) is 7.45. The number of ether oxygens (including phenoxy) is 2. The van der Waals surface area contributed by atoms with E-state index in [-0.39, 0.29) is 0 Å². The van der Waals surface area contributed by atoms with Crippen molar-refractivity contribution in [2.45, 2.75) is 39.2 Å². The van der Waals surface area contributed by atoms with E-state index in [1.54, 1.807) is 12.3 Å². The summed E-state index contributed by atoms with van der Waals surface area (Å²) in [5.41, 5.74) is 0.411. The van der Waals surface area contributed by atoms with Gasteiger partial charge in [-0.15, -0.1) is 0 Å².